The van der Waals surface area contributed by atoms with E-state index in [9.17, 15) is 9.59 Å². The first-order chi connectivity index (χ1) is 12.5. The van der Waals surface area contributed by atoms with Gasteiger partial charge in [0.05, 0.1) is 12.2 Å². The summed E-state index contributed by atoms with van der Waals surface area (Å²) in [5.41, 5.74) is 2.33. The molecule has 0 fully saturated rings. The van der Waals surface area contributed by atoms with Crippen LogP contribution < -0.4 is 10.2 Å². The first-order valence-electron chi connectivity index (χ1n) is 8.61. The molecule has 0 aliphatic carbocycles. The van der Waals surface area contributed by atoms with Crippen molar-refractivity contribution in [3.05, 3.63) is 58.6 Å². The van der Waals surface area contributed by atoms with Crippen molar-refractivity contribution in [2.45, 2.75) is 13.8 Å². The summed E-state index contributed by atoms with van der Waals surface area (Å²) in [6, 6.07) is 14.8. The lowest BCUT2D eigenvalue weighted by atomic mass is 10.1. The zero-order valence-corrected chi connectivity index (χ0v) is 16.9. The number of hydrogen-bond donors (Lipinski definition) is 1. The van der Waals surface area contributed by atoms with Crippen molar-refractivity contribution in [2.75, 3.05) is 36.9 Å². The fourth-order valence-corrected chi connectivity index (χ4v) is 3.05. The van der Waals surface area contributed by atoms with E-state index in [4.69, 9.17) is 0 Å². The Morgan fingerprint density at radius 1 is 1.00 bits per heavy atom. The highest BCUT2D eigenvalue weighted by Gasteiger charge is 2.16. The van der Waals surface area contributed by atoms with Gasteiger partial charge in [0.25, 0.3) is 5.91 Å². The largest absolute Gasteiger partial charge is 0.372 e. The number of likely N-dealkylation sites (N-methyl/N-ethyl adjacent to an activating group) is 1. The fourth-order valence-electron chi connectivity index (χ4n) is 2.66. The Morgan fingerprint density at radius 3 is 2.19 bits per heavy atom. The quantitative estimate of drug-likeness (QED) is 0.740. The van der Waals surface area contributed by atoms with E-state index in [1.165, 1.54) is 4.90 Å². The minimum atomic E-state index is -0.243. The summed E-state index contributed by atoms with van der Waals surface area (Å²) in [7, 11) is 1.63. The van der Waals surface area contributed by atoms with Gasteiger partial charge in [0, 0.05) is 35.9 Å². The SMILES string of the molecule is CCN(CC)c1ccc(C(=O)N(C)CC(=O)Nc2ccccc2Br)cc1. The Balaban J connectivity index is 1.98. The molecule has 0 spiro atoms. The maximum atomic E-state index is 12.5. The molecule has 2 rings (SSSR count). The van der Waals surface area contributed by atoms with Crippen LogP contribution in [0, 0.1) is 0 Å². The number of nitrogens with zero attached hydrogens (tertiary/aromatic N) is 2. The summed E-state index contributed by atoms with van der Waals surface area (Å²) >= 11 is 3.39. The van der Waals surface area contributed by atoms with Crippen LogP contribution in [0.3, 0.4) is 0 Å². The van der Waals surface area contributed by atoms with Gasteiger partial charge in [0.2, 0.25) is 5.91 Å². The fraction of sp³-hybridized carbons (Fsp3) is 0.300. The van der Waals surface area contributed by atoms with Crippen LogP contribution in [0.4, 0.5) is 11.4 Å². The summed E-state index contributed by atoms with van der Waals surface area (Å²) < 4.78 is 0.800. The highest BCUT2D eigenvalue weighted by molar-refractivity contribution is 9.10. The summed E-state index contributed by atoms with van der Waals surface area (Å²) in [4.78, 5) is 28.4. The second-order valence-corrected chi connectivity index (χ2v) is 6.76. The van der Waals surface area contributed by atoms with Gasteiger partial charge in [-0.3, -0.25) is 9.59 Å². The summed E-state index contributed by atoms with van der Waals surface area (Å²) in [5, 5.41) is 2.80. The molecule has 5 nitrogen and oxygen atoms in total. The van der Waals surface area contributed by atoms with E-state index in [1.807, 2.05) is 30.3 Å². The van der Waals surface area contributed by atoms with Gasteiger partial charge >= 0.3 is 0 Å². The molecule has 0 heterocycles. The lowest BCUT2D eigenvalue weighted by Gasteiger charge is -2.22. The molecule has 2 aromatic carbocycles. The Morgan fingerprint density at radius 2 is 1.62 bits per heavy atom. The maximum absolute atomic E-state index is 12.5. The molecule has 0 aliphatic heterocycles. The van der Waals surface area contributed by atoms with Crippen molar-refractivity contribution in [2.24, 2.45) is 0 Å². The summed E-state index contributed by atoms with van der Waals surface area (Å²) in [6.45, 7) is 6.01. The lowest BCUT2D eigenvalue weighted by molar-refractivity contribution is -0.116. The van der Waals surface area contributed by atoms with E-state index in [2.05, 4.69) is 40.0 Å². The number of benzene rings is 2. The van der Waals surface area contributed by atoms with Gasteiger partial charge in [-0.1, -0.05) is 12.1 Å². The third-order valence-electron chi connectivity index (χ3n) is 4.12. The average molecular weight is 418 g/mol. The molecule has 0 atom stereocenters. The van der Waals surface area contributed by atoms with Crippen LogP contribution in [0.15, 0.2) is 53.0 Å². The number of para-hydroxylation sites is 1. The zero-order valence-electron chi connectivity index (χ0n) is 15.3. The van der Waals surface area contributed by atoms with E-state index in [0.29, 0.717) is 11.3 Å². The predicted octanol–water partition coefficient (Wildman–Crippen LogP) is 4.01. The average Bonchev–Trinajstić information content (AvgIpc) is 2.64. The molecule has 0 aromatic heterocycles. The van der Waals surface area contributed by atoms with Gasteiger partial charge in [-0.2, -0.15) is 0 Å². The molecule has 0 saturated carbocycles. The third-order valence-corrected chi connectivity index (χ3v) is 4.81. The molecule has 0 radical (unpaired) electrons. The maximum Gasteiger partial charge on any atom is 0.254 e. The van der Waals surface area contributed by atoms with E-state index < -0.39 is 0 Å². The smallest absolute Gasteiger partial charge is 0.254 e. The second-order valence-electron chi connectivity index (χ2n) is 5.91. The first-order valence-corrected chi connectivity index (χ1v) is 9.40. The van der Waals surface area contributed by atoms with Crippen LogP contribution in [-0.2, 0) is 4.79 Å². The summed E-state index contributed by atoms with van der Waals surface area (Å²) in [6.07, 6.45) is 0. The van der Waals surface area contributed by atoms with Gasteiger partial charge in [-0.15, -0.1) is 0 Å². The monoisotopic (exact) mass is 417 g/mol. The van der Waals surface area contributed by atoms with E-state index in [1.54, 1.807) is 25.2 Å². The van der Waals surface area contributed by atoms with Crippen molar-refractivity contribution >= 4 is 39.1 Å². The number of halogens is 1. The molecule has 2 aromatic rings. The zero-order chi connectivity index (χ0) is 19.1. The topological polar surface area (TPSA) is 52.7 Å². The number of rotatable bonds is 7. The van der Waals surface area contributed by atoms with Gasteiger partial charge in [0.1, 0.15) is 0 Å². The molecule has 26 heavy (non-hydrogen) atoms. The number of anilines is 2. The molecule has 0 aliphatic rings. The van der Waals surface area contributed by atoms with E-state index in [-0.39, 0.29) is 18.4 Å². The molecule has 6 heteroatoms. The van der Waals surface area contributed by atoms with Crippen molar-refractivity contribution < 1.29 is 9.59 Å². The van der Waals surface area contributed by atoms with Crippen molar-refractivity contribution in [3.8, 4) is 0 Å². The molecule has 0 unspecified atom stereocenters. The minimum absolute atomic E-state index is 0.0159. The molecule has 0 bridgehead atoms. The number of hydrogen-bond acceptors (Lipinski definition) is 3. The van der Waals surface area contributed by atoms with Crippen LogP contribution in [0.5, 0.6) is 0 Å². The van der Waals surface area contributed by atoms with Crippen LogP contribution in [0.1, 0.15) is 24.2 Å². The molecule has 2 amide bonds. The third kappa shape index (κ3) is 5.08. The molecular weight excluding hydrogens is 394 g/mol. The van der Waals surface area contributed by atoms with Gasteiger partial charge in [-0.25, -0.2) is 0 Å². The van der Waals surface area contributed by atoms with E-state index >= 15 is 0 Å². The van der Waals surface area contributed by atoms with Crippen LogP contribution in [0.2, 0.25) is 0 Å². The molecule has 0 saturated heterocycles. The number of nitrogens with one attached hydrogen (secondary N) is 1. The Bertz CT molecular complexity index is 758. The normalized spacial score (nSPS) is 10.3. The van der Waals surface area contributed by atoms with Gasteiger partial charge in [0.15, 0.2) is 0 Å². The minimum Gasteiger partial charge on any atom is -0.372 e. The standard InChI is InChI=1S/C20H24BrN3O2/c1-4-24(5-2)16-12-10-15(11-13-16)20(26)23(3)14-19(25)22-18-9-7-6-8-17(18)21/h6-13H,4-5,14H2,1-3H3,(H,22,25). The number of amides is 2. The lowest BCUT2D eigenvalue weighted by Crippen LogP contribution is -2.35. The predicted molar refractivity (Wildman–Crippen MR) is 110 cm³/mol. The highest BCUT2D eigenvalue weighted by atomic mass is 79.9. The van der Waals surface area contributed by atoms with Crippen LogP contribution >= 0.6 is 15.9 Å². The highest BCUT2D eigenvalue weighted by Crippen LogP contribution is 2.21. The number of carbonyl (C=O) groups excluding carboxylic acids is 2. The van der Waals surface area contributed by atoms with E-state index in [0.717, 1.165) is 23.2 Å². The second kappa shape index (κ2) is 9.38. The molecular formula is C20H24BrN3O2. The van der Waals surface area contributed by atoms with Crippen LogP contribution in [0.25, 0.3) is 0 Å². The Labute approximate surface area is 163 Å². The first kappa shape index (κ1) is 20.0. The molecule has 138 valence electrons. The van der Waals surface area contributed by atoms with Gasteiger partial charge in [-0.05, 0) is 66.2 Å². The molecule has 1 N–H and O–H groups in total. The van der Waals surface area contributed by atoms with Crippen molar-refractivity contribution in [1.82, 2.24) is 4.90 Å². The van der Waals surface area contributed by atoms with Gasteiger partial charge < -0.3 is 15.1 Å². The van der Waals surface area contributed by atoms with Crippen LogP contribution in [-0.4, -0.2) is 43.4 Å². The Hall–Kier alpha value is -2.34. The summed E-state index contributed by atoms with van der Waals surface area (Å²) in [5.74, 6) is -0.425. The number of carbonyl (C=O) groups is 2. The Kier molecular flexibility index (Phi) is 7.21. The van der Waals surface area contributed by atoms with Crippen molar-refractivity contribution in [3.63, 3.8) is 0 Å². The van der Waals surface area contributed by atoms with Crippen molar-refractivity contribution in [1.29, 1.82) is 0 Å².